The Hall–Kier alpha value is -0.260. The topological polar surface area (TPSA) is 0 Å². The molecule has 0 N–H and O–H groups in total. The van der Waals surface area contributed by atoms with Crippen LogP contribution in [-0.4, -0.2) is 0 Å². The molecule has 0 aromatic heterocycles. The van der Waals surface area contributed by atoms with Crippen molar-refractivity contribution in [3.63, 3.8) is 0 Å². The third-order valence-corrected chi connectivity index (χ3v) is 2.28. The number of allylic oxidation sites excluding steroid dienone is 2. The van der Waals surface area contributed by atoms with Crippen LogP contribution in [0.5, 0.6) is 0 Å². The summed E-state index contributed by atoms with van der Waals surface area (Å²) < 4.78 is 0. The zero-order valence-corrected chi connectivity index (χ0v) is 8.90. The van der Waals surface area contributed by atoms with Gasteiger partial charge in [-0.2, -0.15) is 0 Å². The maximum Gasteiger partial charge on any atom is -0.0259 e. The van der Waals surface area contributed by atoms with E-state index in [2.05, 4.69) is 33.8 Å². The van der Waals surface area contributed by atoms with Crippen molar-refractivity contribution < 1.29 is 0 Å². The minimum Gasteiger partial charge on any atom is -0.0825 e. The fourth-order valence-electron chi connectivity index (χ4n) is 1.27. The van der Waals surface area contributed by atoms with Crippen molar-refractivity contribution in [2.45, 2.75) is 52.9 Å². The van der Waals surface area contributed by atoms with E-state index < -0.39 is 0 Å². The molecule has 0 saturated heterocycles. The van der Waals surface area contributed by atoms with E-state index >= 15 is 0 Å². The smallest absolute Gasteiger partial charge is 0.0259 e. The number of unbranched alkanes of at least 4 members (excludes halogenated alkanes) is 1. The maximum atomic E-state index is 3.91. The fraction of sp³-hybridized carbons (Fsp3) is 0.750. The zero-order chi connectivity index (χ0) is 9.40. The summed E-state index contributed by atoms with van der Waals surface area (Å²) in [5, 5.41) is 0. The molecule has 12 heavy (non-hydrogen) atoms. The lowest BCUT2D eigenvalue weighted by Crippen LogP contribution is -1.90. The molecule has 1 unspecified atom stereocenters. The molecule has 0 aliphatic heterocycles. The largest absolute Gasteiger partial charge is 0.0825 e. The maximum absolute atomic E-state index is 3.91. The highest BCUT2D eigenvalue weighted by atomic mass is 14.0. The number of hydrogen-bond acceptors (Lipinski definition) is 0. The molecule has 1 atom stereocenters. The van der Waals surface area contributed by atoms with Gasteiger partial charge >= 0.3 is 0 Å². The van der Waals surface area contributed by atoms with Crippen molar-refractivity contribution in [2.75, 3.05) is 0 Å². The van der Waals surface area contributed by atoms with Crippen molar-refractivity contribution in [2.24, 2.45) is 5.92 Å². The number of hydrogen-bond donors (Lipinski definition) is 0. The summed E-state index contributed by atoms with van der Waals surface area (Å²) in [4.78, 5) is 0. The molecule has 0 bridgehead atoms. The fourth-order valence-corrected chi connectivity index (χ4v) is 1.27. The van der Waals surface area contributed by atoms with E-state index in [4.69, 9.17) is 0 Å². The van der Waals surface area contributed by atoms with Gasteiger partial charge in [-0.25, -0.2) is 0 Å². The molecule has 0 aromatic rings. The lowest BCUT2D eigenvalue weighted by Gasteiger charge is -2.07. The summed E-state index contributed by atoms with van der Waals surface area (Å²) in [6.45, 7) is 10.6. The summed E-state index contributed by atoms with van der Waals surface area (Å²) in [6.07, 6.45) is 8.57. The second-order valence-corrected chi connectivity index (χ2v) is 3.55. The lowest BCUT2D eigenvalue weighted by atomic mass is 9.99. The Labute approximate surface area is 78.1 Å². The molecule has 0 aromatic carbocycles. The predicted octanol–water partition coefficient (Wildman–Crippen LogP) is 4.37. The molecule has 0 nitrogen and oxygen atoms in total. The lowest BCUT2D eigenvalue weighted by molar-refractivity contribution is 0.703. The van der Waals surface area contributed by atoms with Crippen LogP contribution in [0.4, 0.5) is 0 Å². The molecule has 0 aliphatic carbocycles. The normalized spacial score (nSPS) is 14.8. The van der Waals surface area contributed by atoms with Gasteiger partial charge in [0.1, 0.15) is 0 Å². The van der Waals surface area contributed by atoms with Crippen LogP contribution < -0.4 is 0 Å². The zero-order valence-electron chi connectivity index (χ0n) is 8.90. The standard InChI is InChI=1S/C12H23/c1-5-8-9-12(7-3)10-11(4)6-2/h10-11H,2,5-9H2,1,3-4H3. The Morgan fingerprint density at radius 3 is 2.50 bits per heavy atom. The monoisotopic (exact) mass is 167 g/mol. The van der Waals surface area contributed by atoms with Crippen molar-refractivity contribution in [1.82, 2.24) is 0 Å². The van der Waals surface area contributed by atoms with E-state index in [0.717, 1.165) is 6.42 Å². The van der Waals surface area contributed by atoms with Crippen LogP contribution in [0, 0.1) is 12.8 Å². The second-order valence-electron chi connectivity index (χ2n) is 3.55. The minimum absolute atomic E-state index is 0.664. The van der Waals surface area contributed by atoms with Crippen LogP contribution >= 0.6 is 0 Å². The molecule has 0 spiro atoms. The van der Waals surface area contributed by atoms with Crippen LogP contribution in [0.15, 0.2) is 11.6 Å². The molecule has 0 aliphatic rings. The molecule has 71 valence electrons. The molecule has 0 fully saturated rings. The van der Waals surface area contributed by atoms with Crippen molar-refractivity contribution >= 4 is 0 Å². The molecule has 0 amide bonds. The first-order chi connectivity index (χ1) is 5.74. The Balaban J connectivity index is 3.85. The van der Waals surface area contributed by atoms with E-state index in [-0.39, 0.29) is 0 Å². The average molecular weight is 167 g/mol. The van der Waals surface area contributed by atoms with E-state index in [0.29, 0.717) is 5.92 Å². The predicted molar refractivity (Wildman–Crippen MR) is 57.0 cm³/mol. The van der Waals surface area contributed by atoms with Crippen LogP contribution in [-0.2, 0) is 0 Å². The molecule has 0 saturated carbocycles. The third kappa shape index (κ3) is 5.40. The van der Waals surface area contributed by atoms with Gasteiger partial charge < -0.3 is 0 Å². The summed E-state index contributed by atoms with van der Waals surface area (Å²) in [5.74, 6) is 0.664. The molecule has 1 radical (unpaired) electrons. The van der Waals surface area contributed by atoms with Crippen LogP contribution in [0.25, 0.3) is 0 Å². The molecule has 0 heteroatoms. The van der Waals surface area contributed by atoms with Gasteiger partial charge in [-0.15, -0.1) is 0 Å². The highest BCUT2D eigenvalue weighted by Gasteiger charge is 1.97. The van der Waals surface area contributed by atoms with Crippen molar-refractivity contribution in [3.05, 3.63) is 18.6 Å². The van der Waals surface area contributed by atoms with Crippen molar-refractivity contribution in [3.8, 4) is 0 Å². The van der Waals surface area contributed by atoms with Gasteiger partial charge in [-0.1, -0.05) is 45.8 Å². The van der Waals surface area contributed by atoms with Crippen molar-refractivity contribution in [1.29, 1.82) is 0 Å². The minimum atomic E-state index is 0.664. The third-order valence-electron chi connectivity index (χ3n) is 2.28. The quantitative estimate of drug-likeness (QED) is 0.515. The SMILES string of the molecule is [CH2]CC(C)C=C(CC)CCCC. The molecular formula is C12H23. The van der Waals surface area contributed by atoms with Gasteiger partial charge in [0.25, 0.3) is 0 Å². The summed E-state index contributed by atoms with van der Waals surface area (Å²) in [7, 11) is 0. The van der Waals surface area contributed by atoms with E-state index in [1.165, 1.54) is 25.7 Å². The van der Waals surface area contributed by atoms with E-state index in [9.17, 15) is 0 Å². The van der Waals surface area contributed by atoms with Gasteiger partial charge in [0.05, 0.1) is 0 Å². The highest BCUT2D eigenvalue weighted by molar-refractivity contribution is 5.03. The Morgan fingerprint density at radius 2 is 2.08 bits per heavy atom. The first-order valence-corrected chi connectivity index (χ1v) is 5.23. The van der Waals surface area contributed by atoms with Crippen LogP contribution in [0.1, 0.15) is 52.9 Å². The van der Waals surface area contributed by atoms with E-state index in [1.54, 1.807) is 5.57 Å². The molecular weight excluding hydrogens is 144 g/mol. The second kappa shape index (κ2) is 7.39. The summed E-state index contributed by atoms with van der Waals surface area (Å²) in [5.41, 5.74) is 1.62. The Morgan fingerprint density at radius 1 is 1.42 bits per heavy atom. The average Bonchev–Trinajstić information content (AvgIpc) is 2.11. The first kappa shape index (κ1) is 11.7. The molecule has 0 heterocycles. The summed E-state index contributed by atoms with van der Waals surface area (Å²) >= 11 is 0. The Bertz CT molecular complexity index is 122. The van der Waals surface area contributed by atoms with Gasteiger partial charge in [0.15, 0.2) is 0 Å². The Kier molecular flexibility index (Phi) is 7.23. The number of rotatable bonds is 6. The van der Waals surface area contributed by atoms with Gasteiger partial charge in [-0.05, 0) is 31.6 Å². The molecule has 0 rings (SSSR count). The van der Waals surface area contributed by atoms with Crippen LogP contribution in [0.3, 0.4) is 0 Å². The first-order valence-electron chi connectivity index (χ1n) is 5.23. The highest BCUT2D eigenvalue weighted by Crippen LogP contribution is 2.15. The van der Waals surface area contributed by atoms with Gasteiger partial charge in [0, 0.05) is 0 Å². The van der Waals surface area contributed by atoms with Crippen LogP contribution in [0.2, 0.25) is 0 Å². The van der Waals surface area contributed by atoms with Gasteiger partial charge in [-0.3, -0.25) is 0 Å². The van der Waals surface area contributed by atoms with Gasteiger partial charge in [0.2, 0.25) is 0 Å². The summed E-state index contributed by atoms with van der Waals surface area (Å²) in [6, 6.07) is 0. The van der Waals surface area contributed by atoms with E-state index in [1.807, 2.05) is 0 Å².